The predicted molar refractivity (Wildman–Crippen MR) is 81.4 cm³/mol. The van der Waals surface area contributed by atoms with Gasteiger partial charge in [0.25, 0.3) is 5.91 Å². The van der Waals surface area contributed by atoms with Gasteiger partial charge in [0, 0.05) is 18.2 Å². The summed E-state index contributed by atoms with van der Waals surface area (Å²) >= 11 is 1.66. The van der Waals surface area contributed by atoms with Gasteiger partial charge in [-0.15, -0.1) is 0 Å². The second kappa shape index (κ2) is 4.86. The van der Waals surface area contributed by atoms with Gasteiger partial charge in [0.1, 0.15) is 0 Å². The van der Waals surface area contributed by atoms with Crippen LogP contribution in [-0.2, 0) is 0 Å². The second-order valence-electron chi connectivity index (χ2n) is 5.93. The van der Waals surface area contributed by atoms with Crippen molar-refractivity contribution >= 4 is 17.2 Å². The third kappa shape index (κ3) is 2.13. The fourth-order valence-corrected chi connectivity index (χ4v) is 4.18. The van der Waals surface area contributed by atoms with E-state index in [0.29, 0.717) is 12.0 Å². The van der Waals surface area contributed by atoms with Crippen LogP contribution in [0.4, 0.5) is 0 Å². The van der Waals surface area contributed by atoms with Crippen molar-refractivity contribution < 1.29 is 4.79 Å². The minimum atomic E-state index is 0.0879. The first-order valence-electron chi connectivity index (χ1n) is 7.29. The molecule has 3 fully saturated rings. The molecule has 0 aromatic heterocycles. The lowest BCUT2D eigenvalue weighted by molar-refractivity contribution is 0.0620. The summed E-state index contributed by atoms with van der Waals surface area (Å²) in [7, 11) is 0. The molecule has 3 saturated heterocycles. The molecule has 0 saturated carbocycles. The van der Waals surface area contributed by atoms with E-state index in [9.17, 15) is 4.79 Å². The van der Waals surface area contributed by atoms with Gasteiger partial charge in [-0.25, -0.2) is 0 Å². The molecule has 3 nitrogen and oxygen atoms in total. The fourth-order valence-electron chi connectivity index (χ4n) is 3.53. The van der Waals surface area contributed by atoms with Gasteiger partial charge in [0.05, 0.1) is 0 Å². The molecular formula is C16H18N2OS. The fraction of sp³-hybridized carbons (Fsp3) is 0.438. The maximum absolute atomic E-state index is 12.4. The number of amides is 1. The molecule has 0 aromatic carbocycles. The van der Waals surface area contributed by atoms with E-state index in [4.69, 9.17) is 0 Å². The summed E-state index contributed by atoms with van der Waals surface area (Å²) in [5, 5.41) is 7.40. The Kier molecular flexibility index (Phi) is 3.00. The van der Waals surface area contributed by atoms with Crippen molar-refractivity contribution in [2.24, 2.45) is 5.92 Å². The molecule has 4 aliphatic heterocycles. The first-order valence-corrected chi connectivity index (χ1v) is 8.23. The van der Waals surface area contributed by atoms with Crippen LogP contribution in [0.25, 0.3) is 11.1 Å². The van der Waals surface area contributed by atoms with Crippen LogP contribution in [0.5, 0.6) is 0 Å². The highest BCUT2D eigenvalue weighted by atomic mass is 32.1. The Labute approximate surface area is 122 Å². The SMILES string of the molecule is O=C(N[C@@H]1CN2CCC1CC2)c1cc2ccscc-2c1. The molecule has 0 unspecified atom stereocenters. The standard InChI is InChI=1S/C16H18N2OS/c19-16(13-7-12-3-6-20-10-14(12)8-13)17-15-9-18-4-1-11(15)2-5-18/h3,6-8,10-11,15H,1-2,4-5,9H2,(H,17,19)/t15-/m1/s1. The zero-order chi connectivity index (χ0) is 13.5. The Hall–Kier alpha value is -1.39. The molecule has 5 aliphatic rings. The lowest BCUT2D eigenvalue weighted by atomic mass is 9.84. The molecule has 1 atom stereocenters. The highest BCUT2D eigenvalue weighted by Gasteiger charge is 2.35. The smallest absolute Gasteiger partial charge is 0.251 e. The molecule has 0 spiro atoms. The lowest BCUT2D eigenvalue weighted by Crippen LogP contribution is -2.57. The van der Waals surface area contributed by atoms with Gasteiger partial charge in [0.2, 0.25) is 0 Å². The molecule has 1 amide bonds. The van der Waals surface area contributed by atoms with E-state index in [1.54, 1.807) is 11.3 Å². The predicted octanol–water partition coefficient (Wildman–Crippen LogP) is 2.68. The molecule has 0 aromatic rings. The highest BCUT2D eigenvalue weighted by Crippen LogP contribution is 2.29. The van der Waals surface area contributed by atoms with Crippen LogP contribution in [0.2, 0.25) is 0 Å². The molecule has 4 heterocycles. The van der Waals surface area contributed by atoms with E-state index >= 15 is 0 Å². The number of nitrogens with zero attached hydrogens (tertiary/aromatic N) is 1. The Balaban J connectivity index is 1.52. The van der Waals surface area contributed by atoms with Gasteiger partial charge in [0.15, 0.2) is 0 Å². The van der Waals surface area contributed by atoms with Gasteiger partial charge < -0.3 is 10.2 Å². The summed E-state index contributed by atoms with van der Waals surface area (Å²) in [5.41, 5.74) is 3.12. The number of hydrogen-bond donors (Lipinski definition) is 1. The van der Waals surface area contributed by atoms with E-state index in [2.05, 4.69) is 27.0 Å². The van der Waals surface area contributed by atoms with Gasteiger partial charge in [-0.05, 0) is 71.9 Å². The first-order chi connectivity index (χ1) is 9.79. The Morgan fingerprint density at radius 2 is 2.05 bits per heavy atom. The van der Waals surface area contributed by atoms with Gasteiger partial charge in [-0.2, -0.15) is 11.3 Å². The molecule has 104 valence electrons. The summed E-state index contributed by atoms with van der Waals surface area (Å²) < 4.78 is 0. The third-order valence-electron chi connectivity index (χ3n) is 4.71. The van der Waals surface area contributed by atoms with Gasteiger partial charge in [-0.1, -0.05) is 0 Å². The molecule has 0 radical (unpaired) electrons. The summed E-state index contributed by atoms with van der Waals surface area (Å²) in [6.07, 6.45) is 2.46. The van der Waals surface area contributed by atoms with E-state index in [1.165, 1.54) is 25.9 Å². The highest BCUT2D eigenvalue weighted by molar-refractivity contribution is 7.07. The van der Waals surface area contributed by atoms with Crippen molar-refractivity contribution in [2.75, 3.05) is 19.6 Å². The largest absolute Gasteiger partial charge is 0.348 e. The third-order valence-corrected chi connectivity index (χ3v) is 5.39. The Bertz CT molecular complexity index is 570. The van der Waals surface area contributed by atoms with E-state index in [1.807, 2.05) is 12.1 Å². The van der Waals surface area contributed by atoms with Crippen molar-refractivity contribution in [1.29, 1.82) is 0 Å². The number of rotatable bonds is 2. The van der Waals surface area contributed by atoms with Crippen LogP contribution in [0.3, 0.4) is 0 Å². The topological polar surface area (TPSA) is 32.3 Å². The molecular weight excluding hydrogens is 268 g/mol. The molecule has 1 aliphatic carbocycles. The minimum Gasteiger partial charge on any atom is -0.348 e. The molecule has 20 heavy (non-hydrogen) atoms. The number of nitrogens with one attached hydrogen (secondary N) is 1. The first kappa shape index (κ1) is 12.4. The van der Waals surface area contributed by atoms with E-state index in [0.717, 1.165) is 23.2 Å². The zero-order valence-corrected chi connectivity index (χ0v) is 12.2. The number of hydrogen-bond acceptors (Lipinski definition) is 3. The van der Waals surface area contributed by atoms with Crippen molar-refractivity contribution in [3.63, 3.8) is 0 Å². The maximum atomic E-state index is 12.4. The normalized spacial score (nSPS) is 28.7. The molecule has 2 bridgehead atoms. The summed E-state index contributed by atoms with van der Waals surface area (Å²) in [6.45, 7) is 3.44. The van der Waals surface area contributed by atoms with Crippen molar-refractivity contribution in [3.8, 4) is 11.1 Å². The average molecular weight is 286 g/mol. The average Bonchev–Trinajstić information content (AvgIpc) is 2.92. The zero-order valence-electron chi connectivity index (χ0n) is 11.3. The van der Waals surface area contributed by atoms with Gasteiger partial charge in [-0.3, -0.25) is 4.79 Å². The number of carbonyl (C=O) groups is 1. The van der Waals surface area contributed by atoms with E-state index in [-0.39, 0.29) is 5.91 Å². The van der Waals surface area contributed by atoms with Crippen LogP contribution in [-0.4, -0.2) is 36.5 Å². The maximum Gasteiger partial charge on any atom is 0.251 e. The molecule has 1 N–H and O–H groups in total. The quantitative estimate of drug-likeness (QED) is 0.920. The van der Waals surface area contributed by atoms with Crippen LogP contribution in [0.15, 0.2) is 29.0 Å². The Morgan fingerprint density at radius 1 is 1.25 bits per heavy atom. The van der Waals surface area contributed by atoms with Crippen LogP contribution < -0.4 is 5.32 Å². The van der Waals surface area contributed by atoms with Crippen molar-refractivity contribution in [3.05, 3.63) is 34.5 Å². The summed E-state index contributed by atoms with van der Waals surface area (Å²) in [6, 6.07) is 6.41. The van der Waals surface area contributed by atoms with Crippen LogP contribution in [0.1, 0.15) is 23.2 Å². The van der Waals surface area contributed by atoms with Crippen molar-refractivity contribution in [1.82, 2.24) is 10.2 Å². The van der Waals surface area contributed by atoms with Crippen LogP contribution >= 0.6 is 11.3 Å². The van der Waals surface area contributed by atoms with Crippen LogP contribution in [0, 0.1) is 5.92 Å². The molecule has 5 rings (SSSR count). The van der Waals surface area contributed by atoms with Gasteiger partial charge >= 0.3 is 0 Å². The summed E-state index contributed by atoms with van der Waals surface area (Å²) in [5.74, 6) is 0.764. The van der Waals surface area contributed by atoms with Crippen molar-refractivity contribution in [2.45, 2.75) is 18.9 Å². The second-order valence-corrected chi connectivity index (χ2v) is 6.71. The Morgan fingerprint density at radius 3 is 2.75 bits per heavy atom. The summed E-state index contributed by atoms with van der Waals surface area (Å²) in [4.78, 5) is 14.9. The number of fused-ring (bicyclic) bond motifs is 4. The van der Waals surface area contributed by atoms with E-state index < -0.39 is 0 Å². The number of piperidine rings is 3. The monoisotopic (exact) mass is 286 g/mol. The minimum absolute atomic E-state index is 0.0879. The lowest BCUT2D eigenvalue weighted by Gasteiger charge is -2.44. The number of carbonyl (C=O) groups excluding carboxylic acids is 1. The molecule has 4 heteroatoms.